The number of hydrogen-bond acceptors (Lipinski definition) is 3. The van der Waals surface area contributed by atoms with Gasteiger partial charge in [0.15, 0.2) is 0 Å². The molecule has 1 amide bonds. The van der Waals surface area contributed by atoms with Crippen LogP contribution in [0.3, 0.4) is 0 Å². The average molecular weight is 197 g/mol. The lowest BCUT2D eigenvalue weighted by atomic mass is 10.2. The summed E-state index contributed by atoms with van der Waals surface area (Å²) in [6.45, 7) is 1.69. The Bertz CT molecular complexity index is 321. The maximum Gasteiger partial charge on any atom is 0.326 e. The second-order valence-corrected chi connectivity index (χ2v) is 2.76. The van der Waals surface area contributed by atoms with Crippen LogP contribution in [-0.2, 0) is 4.79 Å². The number of carboxylic acid groups (broad SMARTS) is 1. The molecule has 1 aromatic heterocycles. The number of carbonyl (C=O) groups excluding carboxylic acids is 1. The number of nitrogens with zero attached hydrogens (tertiary/aromatic N) is 1. The molecule has 14 heavy (non-hydrogen) atoms. The van der Waals surface area contributed by atoms with Crippen LogP contribution in [0.2, 0.25) is 0 Å². The van der Waals surface area contributed by atoms with Crippen LogP contribution in [0, 0.1) is 0 Å². The number of aromatic amines is 1. The Morgan fingerprint density at radius 3 is 2.86 bits per heavy atom. The van der Waals surface area contributed by atoms with E-state index in [9.17, 15) is 9.59 Å². The quantitative estimate of drug-likeness (QED) is 0.633. The summed E-state index contributed by atoms with van der Waals surface area (Å²) in [6, 6.07) is -0.850. The van der Waals surface area contributed by atoms with Gasteiger partial charge in [0.05, 0.1) is 11.8 Å². The lowest BCUT2D eigenvalue weighted by molar-refractivity contribution is -0.139. The second kappa shape index (κ2) is 4.40. The number of aromatic nitrogens is 2. The van der Waals surface area contributed by atoms with Crippen molar-refractivity contribution in [3.05, 3.63) is 18.0 Å². The van der Waals surface area contributed by atoms with E-state index >= 15 is 0 Å². The van der Waals surface area contributed by atoms with Crippen molar-refractivity contribution < 1.29 is 14.7 Å². The van der Waals surface area contributed by atoms with E-state index in [1.807, 2.05) is 0 Å². The molecule has 3 N–H and O–H groups in total. The third kappa shape index (κ3) is 2.32. The molecule has 0 saturated carbocycles. The lowest BCUT2D eigenvalue weighted by Gasteiger charge is -2.10. The highest BCUT2D eigenvalue weighted by molar-refractivity contribution is 5.96. The summed E-state index contributed by atoms with van der Waals surface area (Å²) in [6.07, 6.45) is 3.09. The number of nitrogens with one attached hydrogen (secondary N) is 2. The number of carboxylic acids is 1. The Kier molecular flexibility index (Phi) is 3.22. The number of rotatable bonds is 4. The predicted molar refractivity (Wildman–Crippen MR) is 47.8 cm³/mol. The Labute approximate surface area is 80.3 Å². The molecule has 76 valence electrons. The van der Waals surface area contributed by atoms with Crippen LogP contribution in [0.25, 0.3) is 0 Å². The van der Waals surface area contributed by atoms with Crippen molar-refractivity contribution in [2.24, 2.45) is 0 Å². The normalized spacial score (nSPS) is 12.1. The number of H-pyrrole nitrogens is 1. The smallest absolute Gasteiger partial charge is 0.326 e. The van der Waals surface area contributed by atoms with Gasteiger partial charge in [0, 0.05) is 6.20 Å². The minimum absolute atomic E-state index is 0.324. The molecule has 0 saturated heterocycles. The summed E-state index contributed by atoms with van der Waals surface area (Å²) in [5.74, 6) is -1.47. The second-order valence-electron chi connectivity index (χ2n) is 2.76. The van der Waals surface area contributed by atoms with Gasteiger partial charge in [0.25, 0.3) is 5.91 Å². The molecule has 1 aromatic rings. The molecule has 0 aliphatic carbocycles. The molecule has 1 atom stereocenters. The summed E-state index contributed by atoms with van der Waals surface area (Å²) in [4.78, 5) is 21.9. The van der Waals surface area contributed by atoms with Gasteiger partial charge < -0.3 is 10.4 Å². The van der Waals surface area contributed by atoms with E-state index in [-0.39, 0.29) is 0 Å². The first-order chi connectivity index (χ1) is 6.65. The molecule has 1 rings (SSSR count). The van der Waals surface area contributed by atoms with E-state index < -0.39 is 17.9 Å². The number of hydrogen-bond donors (Lipinski definition) is 3. The van der Waals surface area contributed by atoms with E-state index in [2.05, 4.69) is 15.5 Å². The van der Waals surface area contributed by atoms with E-state index in [1.165, 1.54) is 12.4 Å². The minimum atomic E-state index is -1.04. The molecule has 0 fully saturated rings. The number of carbonyl (C=O) groups is 2. The van der Waals surface area contributed by atoms with Crippen LogP contribution >= 0.6 is 0 Å². The minimum Gasteiger partial charge on any atom is -0.480 e. The fourth-order valence-electron chi connectivity index (χ4n) is 0.955. The highest BCUT2D eigenvalue weighted by Crippen LogP contribution is 1.97. The van der Waals surface area contributed by atoms with Gasteiger partial charge in [-0.2, -0.15) is 5.10 Å². The Morgan fingerprint density at radius 1 is 1.71 bits per heavy atom. The third-order valence-electron chi connectivity index (χ3n) is 1.77. The standard InChI is InChI=1S/C8H11N3O3/c1-2-6(8(13)14)11-7(12)5-3-9-10-4-5/h3-4,6H,2H2,1H3,(H,9,10)(H,11,12)(H,13,14)/t6-/m0/s1. The molecular formula is C8H11N3O3. The van der Waals surface area contributed by atoms with Crippen molar-refractivity contribution in [1.82, 2.24) is 15.5 Å². The molecule has 6 nitrogen and oxygen atoms in total. The zero-order valence-electron chi connectivity index (χ0n) is 7.65. The SMILES string of the molecule is CC[C@H](NC(=O)c1cn[nH]c1)C(=O)O. The van der Waals surface area contributed by atoms with Gasteiger partial charge in [-0.3, -0.25) is 9.89 Å². The van der Waals surface area contributed by atoms with Gasteiger partial charge in [0.1, 0.15) is 6.04 Å². The fraction of sp³-hybridized carbons (Fsp3) is 0.375. The van der Waals surface area contributed by atoms with Gasteiger partial charge in [-0.05, 0) is 6.42 Å². The summed E-state index contributed by atoms with van der Waals surface area (Å²) >= 11 is 0. The van der Waals surface area contributed by atoms with Crippen molar-refractivity contribution in [2.45, 2.75) is 19.4 Å². The topological polar surface area (TPSA) is 95.1 Å². The van der Waals surface area contributed by atoms with Crippen molar-refractivity contribution in [3.8, 4) is 0 Å². The first kappa shape index (κ1) is 10.2. The van der Waals surface area contributed by atoms with E-state index in [4.69, 9.17) is 5.11 Å². The lowest BCUT2D eigenvalue weighted by Crippen LogP contribution is -2.40. The Hall–Kier alpha value is -1.85. The van der Waals surface area contributed by atoms with E-state index in [0.717, 1.165) is 0 Å². The summed E-state index contributed by atoms with van der Waals surface area (Å²) < 4.78 is 0. The molecule has 0 unspecified atom stereocenters. The van der Waals surface area contributed by atoms with Gasteiger partial charge in [-0.15, -0.1) is 0 Å². The van der Waals surface area contributed by atoms with Crippen molar-refractivity contribution >= 4 is 11.9 Å². The predicted octanol–water partition coefficient (Wildman–Crippen LogP) is 0.00270. The Balaban J connectivity index is 2.60. The van der Waals surface area contributed by atoms with Crippen molar-refractivity contribution in [2.75, 3.05) is 0 Å². The van der Waals surface area contributed by atoms with Gasteiger partial charge >= 0.3 is 5.97 Å². The summed E-state index contributed by atoms with van der Waals surface area (Å²) in [5.41, 5.74) is 0.324. The molecular weight excluding hydrogens is 186 g/mol. The van der Waals surface area contributed by atoms with Gasteiger partial charge in [-0.25, -0.2) is 4.79 Å². The maximum atomic E-state index is 11.3. The Morgan fingerprint density at radius 2 is 2.43 bits per heavy atom. The van der Waals surface area contributed by atoms with Crippen molar-refractivity contribution in [1.29, 1.82) is 0 Å². The largest absolute Gasteiger partial charge is 0.480 e. The first-order valence-electron chi connectivity index (χ1n) is 4.17. The summed E-state index contributed by atoms with van der Waals surface area (Å²) in [5, 5.41) is 17.1. The molecule has 0 radical (unpaired) electrons. The number of amides is 1. The van der Waals surface area contributed by atoms with Crippen LogP contribution in [0.1, 0.15) is 23.7 Å². The monoisotopic (exact) mass is 197 g/mol. The van der Waals surface area contributed by atoms with Gasteiger partial charge in [0.2, 0.25) is 0 Å². The van der Waals surface area contributed by atoms with Crippen LogP contribution in [-0.4, -0.2) is 33.2 Å². The highest BCUT2D eigenvalue weighted by Gasteiger charge is 2.18. The zero-order chi connectivity index (χ0) is 10.6. The first-order valence-corrected chi connectivity index (χ1v) is 4.17. The molecule has 0 aliphatic heterocycles. The van der Waals surface area contributed by atoms with Crippen LogP contribution in [0.4, 0.5) is 0 Å². The van der Waals surface area contributed by atoms with Gasteiger partial charge in [-0.1, -0.05) is 6.92 Å². The molecule has 1 heterocycles. The number of aliphatic carboxylic acids is 1. The molecule has 0 aliphatic rings. The van der Waals surface area contributed by atoms with Crippen LogP contribution < -0.4 is 5.32 Å². The third-order valence-corrected chi connectivity index (χ3v) is 1.77. The fourth-order valence-corrected chi connectivity index (χ4v) is 0.955. The highest BCUT2D eigenvalue weighted by atomic mass is 16.4. The maximum absolute atomic E-state index is 11.3. The molecule has 0 spiro atoms. The van der Waals surface area contributed by atoms with Crippen LogP contribution in [0.5, 0.6) is 0 Å². The average Bonchev–Trinajstić information content (AvgIpc) is 2.65. The van der Waals surface area contributed by atoms with Crippen molar-refractivity contribution in [3.63, 3.8) is 0 Å². The van der Waals surface area contributed by atoms with Crippen LogP contribution in [0.15, 0.2) is 12.4 Å². The molecule has 0 aromatic carbocycles. The molecule has 0 bridgehead atoms. The zero-order valence-corrected chi connectivity index (χ0v) is 7.65. The van der Waals surface area contributed by atoms with E-state index in [0.29, 0.717) is 12.0 Å². The molecule has 6 heteroatoms. The summed E-state index contributed by atoms with van der Waals surface area (Å²) in [7, 11) is 0. The van der Waals surface area contributed by atoms with E-state index in [1.54, 1.807) is 6.92 Å².